The summed E-state index contributed by atoms with van der Waals surface area (Å²) in [6.07, 6.45) is 9.55. The normalized spacial score (nSPS) is 14.6. The summed E-state index contributed by atoms with van der Waals surface area (Å²) in [6.45, 7) is 3.60. The van der Waals surface area contributed by atoms with Gasteiger partial charge in [-0.2, -0.15) is 0 Å². The Labute approximate surface area is 109 Å². The van der Waals surface area contributed by atoms with Gasteiger partial charge >= 0.3 is 11.9 Å². The maximum atomic E-state index is 11.0. The summed E-state index contributed by atoms with van der Waals surface area (Å²) in [4.78, 5) is 21.7. The Bertz CT molecular complexity index is 296. The molecule has 104 valence electrons. The van der Waals surface area contributed by atoms with Gasteiger partial charge in [-0.3, -0.25) is 9.59 Å². The van der Waals surface area contributed by atoms with Crippen molar-refractivity contribution in [2.24, 2.45) is 5.41 Å². The monoisotopic (exact) mass is 256 g/mol. The third-order valence-electron chi connectivity index (χ3n) is 2.97. The molecule has 4 heteroatoms. The topological polar surface area (TPSA) is 74.6 Å². The van der Waals surface area contributed by atoms with Crippen LogP contribution in [0.15, 0.2) is 12.2 Å². The van der Waals surface area contributed by atoms with Crippen LogP contribution >= 0.6 is 0 Å². The maximum Gasteiger partial charge on any atom is 0.313 e. The maximum absolute atomic E-state index is 11.0. The van der Waals surface area contributed by atoms with Crippen molar-refractivity contribution in [1.29, 1.82) is 0 Å². The van der Waals surface area contributed by atoms with Crippen LogP contribution in [-0.4, -0.2) is 22.2 Å². The second-order valence-corrected chi connectivity index (χ2v) is 4.90. The molecule has 0 rings (SSSR count). The van der Waals surface area contributed by atoms with Crippen molar-refractivity contribution in [3.05, 3.63) is 12.2 Å². The average Bonchev–Trinajstić information content (AvgIpc) is 2.26. The van der Waals surface area contributed by atoms with E-state index in [1.54, 1.807) is 6.08 Å². The number of hydrogen-bond donors (Lipinski definition) is 2. The van der Waals surface area contributed by atoms with Crippen molar-refractivity contribution in [3.8, 4) is 0 Å². The Hall–Kier alpha value is -1.32. The van der Waals surface area contributed by atoms with E-state index in [1.807, 2.05) is 0 Å². The van der Waals surface area contributed by atoms with Gasteiger partial charge in [-0.25, -0.2) is 0 Å². The third kappa shape index (κ3) is 7.09. The molecule has 0 aromatic rings. The highest BCUT2D eigenvalue weighted by Gasteiger charge is 2.32. The summed E-state index contributed by atoms with van der Waals surface area (Å²) < 4.78 is 0. The molecule has 0 aromatic carbocycles. The quantitative estimate of drug-likeness (QED) is 0.463. The first-order chi connectivity index (χ1) is 8.42. The van der Waals surface area contributed by atoms with Crippen LogP contribution in [0.25, 0.3) is 0 Å². The fourth-order valence-corrected chi connectivity index (χ4v) is 1.73. The lowest BCUT2D eigenvalue weighted by molar-refractivity contribution is -0.151. The predicted octanol–water partition coefficient (Wildman–Crippen LogP) is 3.47. The lowest BCUT2D eigenvalue weighted by atomic mass is 9.86. The minimum atomic E-state index is -1.30. The van der Waals surface area contributed by atoms with Crippen molar-refractivity contribution >= 4 is 11.9 Å². The van der Waals surface area contributed by atoms with Gasteiger partial charge in [0.1, 0.15) is 0 Å². The minimum Gasteiger partial charge on any atom is -0.481 e. The van der Waals surface area contributed by atoms with Gasteiger partial charge in [0.05, 0.1) is 11.8 Å². The second kappa shape index (κ2) is 8.72. The van der Waals surface area contributed by atoms with E-state index >= 15 is 0 Å². The molecule has 0 saturated carbocycles. The first-order valence-corrected chi connectivity index (χ1v) is 6.55. The Balaban J connectivity index is 4.09. The van der Waals surface area contributed by atoms with Crippen LogP contribution in [0, 0.1) is 5.41 Å². The number of carbonyl (C=O) groups is 2. The molecule has 4 nitrogen and oxygen atoms in total. The van der Waals surface area contributed by atoms with Crippen molar-refractivity contribution in [2.45, 2.75) is 58.8 Å². The molecule has 0 amide bonds. The van der Waals surface area contributed by atoms with Crippen LogP contribution in [0.5, 0.6) is 0 Å². The van der Waals surface area contributed by atoms with Gasteiger partial charge in [0.15, 0.2) is 0 Å². The van der Waals surface area contributed by atoms with E-state index in [0.29, 0.717) is 0 Å². The Morgan fingerprint density at radius 1 is 1.11 bits per heavy atom. The lowest BCUT2D eigenvalue weighted by Crippen LogP contribution is -2.28. The summed E-state index contributed by atoms with van der Waals surface area (Å²) in [5.41, 5.74) is -1.30. The first kappa shape index (κ1) is 16.7. The van der Waals surface area contributed by atoms with Gasteiger partial charge in [-0.1, -0.05) is 44.8 Å². The van der Waals surface area contributed by atoms with Crippen molar-refractivity contribution in [2.75, 3.05) is 0 Å². The van der Waals surface area contributed by atoms with Crippen LogP contribution in [-0.2, 0) is 9.59 Å². The van der Waals surface area contributed by atoms with Gasteiger partial charge in [0.25, 0.3) is 0 Å². The summed E-state index contributed by atoms with van der Waals surface area (Å²) in [5.74, 6) is -2.18. The number of unbranched alkanes of at least 4 members (excludes halogenated alkanes) is 5. The van der Waals surface area contributed by atoms with E-state index in [9.17, 15) is 9.59 Å². The van der Waals surface area contributed by atoms with Gasteiger partial charge < -0.3 is 10.2 Å². The van der Waals surface area contributed by atoms with Crippen molar-refractivity contribution < 1.29 is 19.8 Å². The highest BCUT2D eigenvalue weighted by molar-refractivity contribution is 5.82. The highest BCUT2D eigenvalue weighted by atomic mass is 16.4. The lowest BCUT2D eigenvalue weighted by Gasteiger charge is -2.17. The predicted molar refractivity (Wildman–Crippen MR) is 70.5 cm³/mol. The zero-order chi connectivity index (χ0) is 14.0. The molecule has 0 bridgehead atoms. The molecule has 0 radical (unpaired) electrons. The number of allylic oxidation sites excluding steroid dienone is 1. The second-order valence-electron chi connectivity index (χ2n) is 4.90. The molecule has 0 aromatic heterocycles. The van der Waals surface area contributed by atoms with Gasteiger partial charge in [-0.15, -0.1) is 0 Å². The molecule has 0 spiro atoms. The summed E-state index contributed by atoms with van der Waals surface area (Å²) in [5, 5.41) is 17.7. The molecule has 0 fully saturated rings. The zero-order valence-corrected chi connectivity index (χ0v) is 11.3. The number of carboxylic acids is 2. The molecule has 1 atom stereocenters. The van der Waals surface area contributed by atoms with E-state index in [1.165, 1.54) is 32.3 Å². The fourth-order valence-electron chi connectivity index (χ4n) is 1.73. The smallest absolute Gasteiger partial charge is 0.313 e. The molecular formula is C14H24O4. The van der Waals surface area contributed by atoms with E-state index in [0.717, 1.165) is 19.3 Å². The highest BCUT2D eigenvalue weighted by Crippen LogP contribution is 2.24. The van der Waals surface area contributed by atoms with E-state index < -0.39 is 17.4 Å². The third-order valence-corrected chi connectivity index (χ3v) is 2.97. The minimum absolute atomic E-state index is 0.380. The summed E-state index contributed by atoms with van der Waals surface area (Å²) >= 11 is 0. The van der Waals surface area contributed by atoms with Gasteiger partial charge in [0.2, 0.25) is 0 Å². The Morgan fingerprint density at radius 2 is 1.72 bits per heavy atom. The van der Waals surface area contributed by atoms with Crippen LogP contribution < -0.4 is 0 Å². The molecule has 0 aliphatic rings. The van der Waals surface area contributed by atoms with E-state index in [2.05, 4.69) is 6.92 Å². The molecule has 18 heavy (non-hydrogen) atoms. The standard InChI is InChI=1S/C14H24O4/c1-3-4-5-6-7-8-9-10-14(2,13(17)18)11-12(15)16/h9-10H,3-8,11H2,1-2H3,(H,15,16)(H,17,18). The summed E-state index contributed by atoms with van der Waals surface area (Å²) in [7, 11) is 0. The summed E-state index contributed by atoms with van der Waals surface area (Å²) in [6, 6.07) is 0. The number of carboxylic acid groups (broad SMARTS) is 2. The largest absolute Gasteiger partial charge is 0.481 e. The molecule has 2 N–H and O–H groups in total. The van der Waals surface area contributed by atoms with Crippen molar-refractivity contribution in [3.63, 3.8) is 0 Å². The Morgan fingerprint density at radius 3 is 2.22 bits per heavy atom. The van der Waals surface area contributed by atoms with Crippen LogP contribution in [0.1, 0.15) is 58.8 Å². The molecule has 0 heterocycles. The fraction of sp³-hybridized carbons (Fsp3) is 0.714. The van der Waals surface area contributed by atoms with E-state index in [4.69, 9.17) is 10.2 Å². The van der Waals surface area contributed by atoms with Crippen LogP contribution in [0.2, 0.25) is 0 Å². The van der Waals surface area contributed by atoms with Crippen LogP contribution in [0.4, 0.5) is 0 Å². The molecule has 1 unspecified atom stereocenters. The number of rotatable bonds is 10. The van der Waals surface area contributed by atoms with Crippen LogP contribution in [0.3, 0.4) is 0 Å². The Kier molecular flexibility index (Phi) is 8.08. The molecule has 0 saturated heterocycles. The van der Waals surface area contributed by atoms with Gasteiger partial charge in [0, 0.05) is 0 Å². The number of hydrogen-bond acceptors (Lipinski definition) is 2. The molecule has 0 aliphatic carbocycles. The number of aliphatic carboxylic acids is 2. The molecule has 0 aliphatic heterocycles. The van der Waals surface area contributed by atoms with Crippen molar-refractivity contribution in [1.82, 2.24) is 0 Å². The SMILES string of the molecule is CCCCCCCC=CC(C)(CC(=O)O)C(=O)O. The average molecular weight is 256 g/mol. The van der Waals surface area contributed by atoms with E-state index in [-0.39, 0.29) is 6.42 Å². The first-order valence-electron chi connectivity index (χ1n) is 6.55. The van der Waals surface area contributed by atoms with Gasteiger partial charge in [-0.05, 0) is 19.8 Å². The zero-order valence-electron chi connectivity index (χ0n) is 11.3. The molecular weight excluding hydrogens is 232 g/mol.